The third kappa shape index (κ3) is 4.47. The number of nitrogens with one attached hydrogen (secondary N) is 1. The Morgan fingerprint density at radius 2 is 2.04 bits per heavy atom. The van der Waals surface area contributed by atoms with E-state index in [-0.39, 0.29) is 11.5 Å². The number of rotatable bonds is 5. The fourth-order valence-electron chi connectivity index (χ4n) is 3.22. The number of carbonyl (C=O) groups excluding carboxylic acids is 1. The fourth-order valence-corrected chi connectivity index (χ4v) is 3.22. The van der Waals surface area contributed by atoms with Crippen LogP contribution in [0.25, 0.3) is 0 Å². The van der Waals surface area contributed by atoms with E-state index in [2.05, 4.69) is 25.2 Å². The van der Waals surface area contributed by atoms with Crippen LogP contribution in [0, 0.1) is 11.3 Å². The molecule has 1 N–H and O–H groups in total. The van der Waals surface area contributed by atoms with Gasteiger partial charge in [-0.25, -0.2) is 0 Å². The summed E-state index contributed by atoms with van der Waals surface area (Å²) in [6, 6.07) is 15.0. The van der Waals surface area contributed by atoms with Gasteiger partial charge in [-0.3, -0.25) is 4.79 Å². The molecule has 1 heterocycles. The summed E-state index contributed by atoms with van der Waals surface area (Å²) in [7, 11) is 1.53. The molecule has 5 nitrogen and oxygen atoms in total. The van der Waals surface area contributed by atoms with Crippen LogP contribution in [-0.4, -0.2) is 18.6 Å². The SMILES string of the molecule is CO[C@H](C(=O)NCc1ccc(C#N)cc1)c1ccc2c(c1)CCC(C)(C)O2. The number of fused-ring (bicyclic) bond motifs is 1. The van der Waals surface area contributed by atoms with Gasteiger partial charge in [0.2, 0.25) is 0 Å². The second-order valence-corrected chi connectivity index (χ2v) is 7.37. The Bertz CT molecular complexity index is 866. The first kappa shape index (κ1) is 18.9. The van der Waals surface area contributed by atoms with E-state index in [4.69, 9.17) is 14.7 Å². The molecule has 0 saturated carbocycles. The highest BCUT2D eigenvalue weighted by molar-refractivity contribution is 5.82. The van der Waals surface area contributed by atoms with Gasteiger partial charge in [0, 0.05) is 13.7 Å². The van der Waals surface area contributed by atoms with E-state index in [1.807, 2.05) is 30.3 Å². The average Bonchev–Trinajstić information content (AvgIpc) is 2.67. The third-order valence-electron chi connectivity index (χ3n) is 4.79. The Balaban J connectivity index is 1.69. The highest BCUT2D eigenvalue weighted by Gasteiger charge is 2.28. The van der Waals surface area contributed by atoms with Crippen LogP contribution in [0.3, 0.4) is 0 Å². The number of amides is 1. The van der Waals surface area contributed by atoms with Gasteiger partial charge in [0.25, 0.3) is 5.91 Å². The third-order valence-corrected chi connectivity index (χ3v) is 4.79. The molecular weight excluding hydrogens is 340 g/mol. The maximum absolute atomic E-state index is 12.6. The zero-order valence-corrected chi connectivity index (χ0v) is 15.9. The van der Waals surface area contributed by atoms with Crippen LogP contribution in [0.1, 0.15) is 48.6 Å². The molecule has 0 fully saturated rings. The van der Waals surface area contributed by atoms with Gasteiger partial charge in [0.05, 0.1) is 11.6 Å². The lowest BCUT2D eigenvalue weighted by atomic mass is 9.92. The van der Waals surface area contributed by atoms with Crippen molar-refractivity contribution in [3.05, 3.63) is 64.7 Å². The molecule has 0 bridgehead atoms. The van der Waals surface area contributed by atoms with Crippen LogP contribution in [0.5, 0.6) is 5.75 Å². The Hall–Kier alpha value is -2.84. The minimum atomic E-state index is -0.677. The summed E-state index contributed by atoms with van der Waals surface area (Å²) in [5, 5.41) is 11.7. The molecule has 0 spiro atoms. The van der Waals surface area contributed by atoms with E-state index < -0.39 is 6.10 Å². The molecule has 2 aromatic rings. The van der Waals surface area contributed by atoms with Gasteiger partial charge in [-0.05, 0) is 67.6 Å². The quantitative estimate of drug-likeness (QED) is 0.879. The molecule has 0 saturated heterocycles. The summed E-state index contributed by atoms with van der Waals surface area (Å²) < 4.78 is 11.5. The minimum Gasteiger partial charge on any atom is -0.488 e. The smallest absolute Gasteiger partial charge is 0.254 e. The Kier molecular flexibility index (Phi) is 5.48. The van der Waals surface area contributed by atoms with E-state index in [0.717, 1.165) is 35.3 Å². The van der Waals surface area contributed by atoms with Crippen molar-refractivity contribution in [3.8, 4) is 11.8 Å². The molecule has 27 heavy (non-hydrogen) atoms. The van der Waals surface area contributed by atoms with E-state index >= 15 is 0 Å². The van der Waals surface area contributed by atoms with Crippen molar-refractivity contribution in [1.29, 1.82) is 5.26 Å². The molecule has 0 unspecified atom stereocenters. The summed E-state index contributed by atoms with van der Waals surface area (Å²) >= 11 is 0. The van der Waals surface area contributed by atoms with Gasteiger partial charge >= 0.3 is 0 Å². The van der Waals surface area contributed by atoms with Gasteiger partial charge < -0.3 is 14.8 Å². The lowest BCUT2D eigenvalue weighted by Crippen LogP contribution is -2.33. The number of nitrogens with zero attached hydrogens (tertiary/aromatic N) is 1. The monoisotopic (exact) mass is 364 g/mol. The highest BCUT2D eigenvalue weighted by Crippen LogP contribution is 2.35. The van der Waals surface area contributed by atoms with Crippen molar-refractivity contribution in [2.75, 3.05) is 7.11 Å². The number of nitriles is 1. The minimum absolute atomic E-state index is 0.159. The number of methoxy groups -OCH3 is 1. The predicted octanol–water partition coefficient (Wildman–Crippen LogP) is 3.67. The maximum Gasteiger partial charge on any atom is 0.254 e. The van der Waals surface area contributed by atoms with Crippen LogP contribution in [0.4, 0.5) is 0 Å². The Morgan fingerprint density at radius 1 is 1.30 bits per heavy atom. The average molecular weight is 364 g/mol. The molecule has 1 aliphatic heterocycles. The molecule has 3 rings (SSSR count). The van der Waals surface area contributed by atoms with Crippen molar-refractivity contribution in [2.24, 2.45) is 0 Å². The van der Waals surface area contributed by atoms with Crippen molar-refractivity contribution >= 4 is 5.91 Å². The number of benzene rings is 2. The molecule has 5 heteroatoms. The summed E-state index contributed by atoms with van der Waals surface area (Å²) in [5.74, 6) is 0.682. The largest absolute Gasteiger partial charge is 0.488 e. The van der Waals surface area contributed by atoms with E-state index in [9.17, 15) is 4.79 Å². The molecule has 0 aromatic heterocycles. The van der Waals surface area contributed by atoms with Crippen molar-refractivity contribution in [1.82, 2.24) is 5.32 Å². The summed E-state index contributed by atoms with van der Waals surface area (Å²) in [6.07, 6.45) is 1.18. The first-order valence-corrected chi connectivity index (χ1v) is 9.03. The second-order valence-electron chi connectivity index (χ2n) is 7.37. The van der Waals surface area contributed by atoms with Crippen LogP contribution in [0.15, 0.2) is 42.5 Å². The maximum atomic E-state index is 12.6. The van der Waals surface area contributed by atoms with E-state index in [0.29, 0.717) is 12.1 Å². The van der Waals surface area contributed by atoms with Crippen LogP contribution in [0.2, 0.25) is 0 Å². The van der Waals surface area contributed by atoms with Crippen LogP contribution in [-0.2, 0) is 22.5 Å². The molecule has 1 amide bonds. The molecule has 2 aromatic carbocycles. The second kappa shape index (κ2) is 7.81. The van der Waals surface area contributed by atoms with Gasteiger partial charge in [0.1, 0.15) is 11.4 Å². The van der Waals surface area contributed by atoms with Gasteiger partial charge in [-0.1, -0.05) is 18.2 Å². The lowest BCUT2D eigenvalue weighted by molar-refractivity contribution is -0.131. The van der Waals surface area contributed by atoms with Gasteiger partial charge in [0.15, 0.2) is 6.10 Å². The highest BCUT2D eigenvalue weighted by atomic mass is 16.5. The first-order valence-electron chi connectivity index (χ1n) is 9.03. The number of hydrogen-bond donors (Lipinski definition) is 1. The zero-order chi connectivity index (χ0) is 19.4. The molecule has 1 aliphatic rings. The topological polar surface area (TPSA) is 71.3 Å². The molecule has 1 atom stereocenters. The molecular formula is C22H24N2O3. The zero-order valence-electron chi connectivity index (χ0n) is 15.9. The number of aryl methyl sites for hydroxylation is 1. The predicted molar refractivity (Wildman–Crippen MR) is 102 cm³/mol. The normalized spacial score (nSPS) is 15.8. The number of ether oxygens (including phenoxy) is 2. The van der Waals surface area contributed by atoms with Crippen molar-refractivity contribution in [2.45, 2.75) is 44.9 Å². The van der Waals surface area contributed by atoms with E-state index in [1.165, 1.54) is 7.11 Å². The molecule has 140 valence electrons. The Morgan fingerprint density at radius 3 is 2.70 bits per heavy atom. The van der Waals surface area contributed by atoms with Crippen LogP contribution < -0.4 is 10.1 Å². The molecule has 0 aliphatic carbocycles. The standard InChI is InChI=1S/C22H24N2O3/c1-22(2)11-10-17-12-18(8-9-19(17)27-22)20(26-3)21(25)24-14-16-6-4-15(13-23)5-7-16/h4-9,12,20H,10-11,14H2,1-3H3,(H,24,25)/t20-/m0/s1. The first-order chi connectivity index (χ1) is 12.9. The summed E-state index contributed by atoms with van der Waals surface area (Å²) in [4.78, 5) is 12.6. The fraction of sp³-hybridized carbons (Fsp3) is 0.364. The van der Waals surface area contributed by atoms with Gasteiger partial charge in [-0.2, -0.15) is 5.26 Å². The van der Waals surface area contributed by atoms with Gasteiger partial charge in [-0.15, -0.1) is 0 Å². The van der Waals surface area contributed by atoms with Crippen molar-refractivity contribution in [3.63, 3.8) is 0 Å². The summed E-state index contributed by atoms with van der Waals surface area (Å²) in [5.41, 5.74) is 3.29. The lowest BCUT2D eigenvalue weighted by Gasteiger charge is -2.33. The molecule has 0 radical (unpaired) electrons. The van der Waals surface area contributed by atoms with E-state index in [1.54, 1.807) is 12.1 Å². The van der Waals surface area contributed by atoms with Crippen molar-refractivity contribution < 1.29 is 14.3 Å². The summed E-state index contributed by atoms with van der Waals surface area (Å²) in [6.45, 7) is 4.55. The number of hydrogen-bond acceptors (Lipinski definition) is 4. The van der Waals surface area contributed by atoms with Crippen LogP contribution >= 0.6 is 0 Å². The Labute approximate surface area is 159 Å². The number of carbonyl (C=O) groups is 1.